The lowest BCUT2D eigenvalue weighted by Crippen LogP contribution is -2.24. The summed E-state index contributed by atoms with van der Waals surface area (Å²) < 4.78 is 5.23. The highest BCUT2D eigenvalue weighted by Gasteiger charge is 2.01. The first-order chi connectivity index (χ1) is 9.15. The van der Waals surface area contributed by atoms with Gasteiger partial charge in [0.2, 0.25) is 0 Å². The van der Waals surface area contributed by atoms with E-state index in [0.29, 0.717) is 10.9 Å². The van der Waals surface area contributed by atoms with E-state index in [1.54, 1.807) is 6.26 Å². The maximum Gasteiger partial charge on any atom is 0.191 e. The van der Waals surface area contributed by atoms with Crippen molar-refractivity contribution in [3.8, 4) is 0 Å². The molecule has 2 aromatic rings. The zero-order valence-corrected chi connectivity index (χ0v) is 11.6. The van der Waals surface area contributed by atoms with E-state index >= 15 is 0 Å². The van der Waals surface area contributed by atoms with Gasteiger partial charge in [-0.3, -0.25) is 5.43 Å². The van der Waals surface area contributed by atoms with Crippen molar-refractivity contribution < 1.29 is 4.42 Å². The number of nitrogens with one attached hydrogen (secondary N) is 2. The molecule has 0 fully saturated rings. The van der Waals surface area contributed by atoms with Gasteiger partial charge in [0, 0.05) is 5.69 Å². The van der Waals surface area contributed by atoms with Crippen LogP contribution in [0.3, 0.4) is 0 Å². The number of thiocarbonyl (C=S) groups is 1. The third-order valence-corrected chi connectivity index (χ3v) is 2.67. The Morgan fingerprint density at radius 2 is 2.11 bits per heavy atom. The fourth-order valence-corrected chi connectivity index (χ4v) is 1.72. The Hall–Kier alpha value is -2.14. The Kier molecular flexibility index (Phi) is 4.30. The average Bonchev–Trinajstić information content (AvgIpc) is 2.90. The molecule has 0 aliphatic heterocycles. The number of nitrogens with zero attached hydrogens (tertiary/aromatic N) is 1. The van der Waals surface area contributed by atoms with E-state index in [0.717, 1.165) is 11.4 Å². The van der Waals surface area contributed by atoms with Gasteiger partial charge in [-0.1, -0.05) is 12.1 Å². The van der Waals surface area contributed by atoms with E-state index in [-0.39, 0.29) is 0 Å². The van der Waals surface area contributed by atoms with Crippen molar-refractivity contribution in [1.29, 1.82) is 0 Å². The Bertz CT molecular complexity index is 590. The van der Waals surface area contributed by atoms with Crippen LogP contribution in [0.15, 0.2) is 52.2 Å². The van der Waals surface area contributed by atoms with Crippen LogP contribution in [0.25, 0.3) is 0 Å². The summed E-state index contributed by atoms with van der Waals surface area (Å²) in [5, 5.41) is 7.66. The lowest BCUT2D eigenvalue weighted by atomic mass is 10.2. The zero-order chi connectivity index (χ0) is 13.7. The maximum atomic E-state index is 5.23. The summed E-state index contributed by atoms with van der Waals surface area (Å²) in [6, 6.07) is 11.6. The summed E-state index contributed by atoms with van der Waals surface area (Å²) in [5.41, 5.74) is 5.62. The molecule has 0 saturated heterocycles. The molecule has 5 heteroatoms. The van der Waals surface area contributed by atoms with Crippen molar-refractivity contribution in [2.45, 2.75) is 13.8 Å². The lowest BCUT2D eigenvalue weighted by molar-refractivity contribution is 0.556. The SMILES string of the molecule is CC(=NNC(=S)Nc1cccc(C)c1)c1ccco1. The average molecular weight is 273 g/mol. The molecule has 2 rings (SSSR count). The smallest absolute Gasteiger partial charge is 0.191 e. The third-order valence-electron chi connectivity index (χ3n) is 2.48. The van der Waals surface area contributed by atoms with Crippen LogP contribution in [0.1, 0.15) is 18.2 Å². The highest BCUT2D eigenvalue weighted by molar-refractivity contribution is 7.80. The Morgan fingerprint density at radius 1 is 1.26 bits per heavy atom. The number of rotatable bonds is 3. The van der Waals surface area contributed by atoms with Gasteiger partial charge in [0.05, 0.1) is 6.26 Å². The van der Waals surface area contributed by atoms with Gasteiger partial charge >= 0.3 is 0 Å². The number of aryl methyl sites for hydroxylation is 1. The first kappa shape index (κ1) is 13.3. The van der Waals surface area contributed by atoms with Gasteiger partial charge in [-0.2, -0.15) is 5.10 Å². The second-order valence-corrected chi connectivity index (χ2v) is 4.52. The molecule has 1 heterocycles. The molecule has 1 aromatic carbocycles. The van der Waals surface area contributed by atoms with Crippen LogP contribution in [0.5, 0.6) is 0 Å². The highest BCUT2D eigenvalue weighted by atomic mass is 32.1. The second-order valence-electron chi connectivity index (χ2n) is 4.11. The summed E-state index contributed by atoms with van der Waals surface area (Å²) in [7, 11) is 0. The van der Waals surface area contributed by atoms with Gasteiger partial charge in [0.25, 0.3) is 0 Å². The molecule has 0 radical (unpaired) electrons. The molecule has 0 bridgehead atoms. The van der Waals surface area contributed by atoms with Crippen LogP contribution >= 0.6 is 12.2 Å². The molecule has 4 nitrogen and oxygen atoms in total. The largest absolute Gasteiger partial charge is 0.463 e. The topological polar surface area (TPSA) is 49.6 Å². The minimum atomic E-state index is 0.441. The first-order valence-electron chi connectivity index (χ1n) is 5.87. The molecule has 0 aliphatic carbocycles. The predicted molar refractivity (Wildman–Crippen MR) is 81.5 cm³/mol. The van der Waals surface area contributed by atoms with Crippen molar-refractivity contribution in [1.82, 2.24) is 5.43 Å². The number of hydrazone groups is 1. The van der Waals surface area contributed by atoms with Gasteiger partial charge in [-0.25, -0.2) is 0 Å². The quantitative estimate of drug-likeness (QED) is 0.512. The monoisotopic (exact) mass is 273 g/mol. The van der Waals surface area contributed by atoms with E-state index in [9.17, 15) is 0 Å². The normalized spacial score (nSPS) is 11.2. The third kappa shape index (κ3) is 3.93. The van der Waals surface area contributed by atoms with E-state index < -0.39 is 0 Å². The van der Waals surface area contributed by atoms with Crippen molar-refractivity contribution in [2.75, 3.05) is 5.32 Å². The van der Waals surface area contributed by atoms with Gasteiger partial charge < -0.3 is 9.73 Å². The number of anilines is 1. The molecule has 19 heavy (non-hydrogen) atoms. The molecule has 0 unspecified atom stereocenters. The molecule has 2 N–H and O–H groups in total. The molecular formula is C14H15N3OS. The van der Waals surface area contributed by atoms with Crippen LogP contribution in [0, 0.1) is 6.92 Å². The summed E-state index contributed by atoms with van der Waals surface area (Å²) in [6.45, 7) is 3.88. The van der Waals surface area contributed by atoms with Crippen molar-refractivity contribution in [3.05, 3.63) is 54.0 Å². The minimum Gasteiger partial charge on any atom is -0.463 e. The van der Waals surface area contributed by atoms with Crippen LogP contribution in [0.4, 0.5) is 5.69 Å². The van der Waals surface area contributed by atoms with Gasteiger partial charge in [-0.15, -0.1) is 0 Å². The Balaban J connectivity index is 1.93. The van der Waals surface area contributed by atoms with E-state index in [4.69, 9.17) is 16.6 Å². The maximum absolute atomic E-state index is 5.23. The lowest BCUT2D eigenvalue weighted by Gasteiger charge is -2.08. The van der Waals surface area contributed by atoms with Crippen LogP contribution in [-0.4, -0.2) is 10.8 Å². The molecule has 0 atom stereocenters. The van der Waals surface area contributed by atoms with Crippen molar-refractivity contribution in [2.24, 2.45) is 5.10 Å². The van der Waals surface area contributed by atoms with Crippen LogP contribution in [-0.2, 0) is 0 Å². The fraction of sp³-hybridized carbons (Fsp3) is 0.143. The summed E-state index contributed by atoms with van der Waals surface area (Å²) in [6.07, 6.45) is 1.61. The fourth-order valence-electron chi connectivity index (χ4n) is 1.56. The standard InChI is InChI=1S/C14H15N3OS/c1-10-5-3-6-12(9-10)15-14(19)17-16-11(2)13-7-4-8-18-13/h3-9H,1-2H3,(H2,15,17,19). The van der Waals surface area contributed by atoms with Crippen molar-refractivity contribution >= 4 is 28.7 Å². The molecule has 0 spiro atoms. The molecule has 0 amide bonds. The molecule has 0 saturated carbocycles. The van der Waals surface area contributed by atoms with Crippen molar-refractivity contribution in [3.63, 3.8) is 0 Å². The summed E-state index contributed by atoms with van der Waals surface area (Å²) in [5.74, 6) is 0.714. The van der Waals surface area contributed by atoms with E-state index in [2.05, 4.69) is 15.8 Å². The zero-order valence-electron chi connectivity index (χ0n) is 10.8. The summed E-state index contributed by atoms with van der Waals surface area (Å²) >= 11 is 5.17. The van der Waals surface area contributed by atoms with Gasteiger partial charge in [0.1, 0.15) is 11.5 Å². The van der Waals surface area contributed by atoms with Crippen LogP contribution in [0.2, 0.25) is 0 Å². The second kappa shape index (κ2) is 6.15. The number of benzene rings is 1. The molecule has 98 valence electrons. The Labute approximate surface area is 117 Å². The predicted octanol–water partition coefficient (Wildman–Crippen LogP) is 3.30. The van der Waals surface area contributed by atoms with Gasteiger partial charge in [0.15, 0.2) is 5.11 Å². The van der Waals surface area contributed by atoms with Crippen LogP contribution < -0.4 is 10.7 Å². The summed E-state index contributed by atoms with van der Waals surface area (Å²) in [4.78, 5) is 0. The van der Waals surface area contributed by atoms with Gasteiger partial charge in [-0.05, 0) is 55.9 Å². The highest BCUT2D eigenvalue weighted by Crippen LogP contribution is 2.09. The first-order valence-corrected chi connectivity index (χ1v) is 6.28. The number of hydrogen-bond donors (Lipinski definition) is 2. The van der Waals surface area contributed by atoms with E-state index in [1.807, 2.05) is 50.2 Å². The minimum absolute atomic E-state index is 0.441. The molecule has 1 aromatic heterocycles. The molecule has 0 aliphatic rings. The number of hydrogen-bond acceptors (Lipinski definition) is 3. The Morgan fingerprint density at radius 3 is 2.79 bits per heavy atom. The molecular weight excluding hydrogens is 258 g/mol. The van der Waals surface area contributed by atoms with E-state index in [1.165, 1.54) is 5.56 Å². The number of furan rings is 1.